The lowest BCUT2D eigenvalue weighted by atomic mass is 10.1. The normalized spacial score (nSPS) is 11.3. The molecule has 0 amide bonds. The Labute approximate surface area is 118 Å². The van der Waals surface area contributed by atoms with Crippen LogP contribution in [0.15, 0.2) is 0 Å². The van der Waals surface area contributed by atoms with E-state index < -0.39 is 10.0 Å². The smallest absolute Gasteiger partial charge is 0.213 e. The average Bonchev–Trinajstić information content (AvgIpc) is 2.33. The molecule has 0 spiro atoms. The number of thiocarbonyl (C=S) groups is 1. The standard InChI is InChI=1S/C10H17N5O2S2/c1-6-7(2)14-15-10(8(6)9(11)18)13-4-5-19(16,17)12-3/h12H,4-5H2,1-3H3,(H2,11,18)(H,13,15). The van der Waals surface area contributed by atoms with Crippen LogP contribution in [-0.2, 0) is 10.0 Å². The molecule has 0 saturated carbocycles. The van der Waals surface area contributed by atoms with Crippen LogP contribution in [0.2, 0.25) is 0 Å². The zero-order valence-electron chi connectivity index (χ0n) is 11.0. The van der Waals surface area contributed by atoms with Crippen molar-refractivity contribution < 1.29 is 8.42 Å². The van der Waals surface area contributed by atoms with Gasteiger partial charge in [-0.25, -0.2) is 13.1 Å². The van der Waals surface area contributed by atoms with E-state index in [9.17, 15) is 8.42 Å². The molecule has 19 heavy (non-hydrogen) atoms. The minimum atomic E-state index is -3.27. The quantitative estimate of drug-likeness (QED) is 0.618. The highest BCUT2D eigenvalue weighted by molar-refractivity contribution is 7.89. The lowest BCUT2D eigenvalue weighted by Gasteiger charge is -2.13. The van der Waals surface area contributed by atoms with Gasteiger partial charge in [0.05, 0.1) is 17.0 Å². The van der Waals surface area contributed by atoms with Crippen LogP contribution in [0, 0.1) is 13.8 Å². The van der Waals surface area contributed by atoms with E-state index in [1.54, 1.807) is 6.92 Å². The first-order valence-corrected chi connectivity index (χ1v) is 7.63. The minimum absolute atomic E-state index is 0.0745. The number of aryl methyl sites for hydroxylation is 1. The topological polar surface area (TPSA) is 110 Å². The van der Waals surface area contributed by atoms with Crippen LogP contribution in [0.4, 0.5) is 5.82 Å². The summed E-state index contributed by atoms with van der Waals surface area (Å²) in [6, 6.07) is 0. The van der Waals surface area contributed by atoms with Gasteiger partial charge in [0.15, 0.2) is 5.82 Å². The number of aromatic nitrogens is 2. The van der Waals surface area contributed by atoms with Crippen LogP contribution in [-0.4, -0.2) is 42.9 Å². The molecule has 0 aliphatic carbocycles. The summed E-state index contributed by atoms with van der Waals surface area (Å²) >= 11 is 4.98. The Balaban J connectivity index is 2.91. The van der Waals surface area contributed by atoms with Crippen LogP contribution < -0.4 is 15.8 Å². The maximum Gasteiger partial charge on any atom is 0.213 e. The molecular formula is C10H17N5O2S2. The Bertz CT molecular complexity index is 586. The maximum atomic E-state index is 11.3. The number of hydrogen-bond donors (Lipinski definition) is 3. The van der Waals surface area contributed by atoms with E-state index in [1.807, 2.05) is 6.92 Å². The van der Waals surface area contributed by atoms with Crippen LogP contribution >= 0.6 is 12.2 Å². The Morgan fingerprint density at radius 3 is 2.53 bits per heavy atom. The molecule has 0 radical (unpaired) electrons. The van der Waals surface area contributed by atoms with Gasteiger partial charge in [-0.15, -0.1) is 5.10 Å². The molecule has 0 aromatic carbocycles. The molecule has 7 nitrogen and oxygen atoms in total. The van der Waals surface area contributed by atoms with Crippen molar-refractivity contribution in [1.29, 1.82) is 0 Å². The van der Waals surface area contributed by atoms with Crippen LogP contribution in [0.3, 0.4) is 0 Å². The summed E-state index contributed by atoms with van der Waals surface area (Å²) in [6.45, 7) is 3.84. The predicted molar refractivity (Wildman–Crippen MR) is 78.7 cm³/mol. The fraction of sp³-hybridized carbons (Fsp3) is 0.500. The monoisotopic (exact) mass is 303 g/mol. The van der Waals surface area contributed by atoms with Crippen molar-refractivity contribution >= 4 is 33.0 Å². The first kappa shape index (κ1) is 15.7. The fourth-order valence-electron chi connectivity index (χ4n) is 1.44. The van der Waals surface area contributed by atoms with Gasteiger partial charge in [0.2, 0.25) is 10.0 Å². The third-order valence-electron chi connectivity index (χ3n) is 2.68. The van der Waals surface area contributed by atoms with E-state index in [2.05, 4.69) is 20.2 Å². The zero-order valence-corrected chi connectivity index (χ0v) is 12.7. The second-order valence-electron chi connectivity index (χ2n) is 3.95. The van der Waals surface area contributed by atoms with Gasteiger partial charge in [0.25, 0.3) is 0 Å². The average molecular weight is 303 g/mol. The van der Waals surface area contributed by atoms with Gasteiger partial charge in [-0.2, -0.15) is 5.10 Å². The number of sulfonamides is 1. The summed E-state index contributed by atoms with van der Waals surface area (Å²) in [5.41, 5.74) is 7.83. The molecule has 4 N–H and O–H groups in total. The summed E-state index contributed by atoms with van der Waals surface area (Å²) in [6.07, 6.45) is 0. The first-order chi connectivity index (χ1) is 8.78. The van der Waals surface area contributed by atoms with E-state index in [-0.39, 0.29) is 17.3 Å². The molecule has 0 fully saturated rings. The molecule has 1 heterocycles. The van der Waals surface area contributed by atoms with Crippen molar-refractivity contribution in [3.63, 3.8) is 0 Å². The van der Waals surface area contributed by atoms with Gasteiger partial charge in [0, 0.05) is 6.54 Å². The molecular weight excluding hydrogens is 286 g/mol. The molecule has 0 aliphatic rings. The Morgan fingerprint density at radius 2 is 2.00 bits per heavy atom. The highest BCUT2D eigenvalue weighted by Gasteiger charge is 2.14. The van der Waals surface area contributed by atoms with Gasteiger partial charge in [0.1, 0.15) is 4.99 Å². The molecule has 0 atom stereocenters. The van der Waals surface area contributed by atoms with E-state index in [0.29, 0.717) is 11.4 Å². The molecule has 9 heteroatoms. The summed E-state index contributed by atoms with van der Waals surface area (Å²) in [4.78, 5) is 0.203. The highest BCUT2D eigenvalue weighted by Crippen LogP contribution is 2.17. The Hall–Kier alpha value is -1.32. The molecule has 0 unspecified atom stereocenters. The first-order valence-electron chi connectivity index (χ1n) is 5.57. The van der Waals surface area contributed by atoms with Crippen molar-refractivity contribution in [3.05, 3.63) is 16.8 Å². The van der Waals surface area contributed by atoms with Crippen molar-refractivity contribution in [2.24, 2.45) is 5.73 Å². The van der Waals surface area contributed by atoms with E-state index in [4.69, 9.17) is 18.0 Å². The van der Waals surface area contributed by atoms with Gasteiger partial charge in [-0.1, -0.05) is 12.2 Å². The van der Waals surface area contributed by atoms with E-state index in [1.165, 1.54) is 7.05 Å². The van der Waals surface area contributed by atoms with Crippen molar-refractivity contribution in [1.82, 2.24) is 14.9 Å². The third-order valence-corrected chi connectivity index (χ3v) is 4.24. The second-order valence-corrected chi connectivity index (χ2v) is 6.43. The molecule has 1 aromatic heterocycles. The lowest BCUT2D eigenvalue weighted by Crippen LogP contribution is -2.27. The predicted octanol–water partition coefficient (Wildman–Crippen LogP) is -0.311. The van der Waals surface area contributed by atoms with E-state index >= 15 is 0 Å². The second kappa shape index (κ2) is 6.22. The van der Waals surface area contributed by atoms with E-state index in [0.717, 1.165) is 11.3 Å². The zero-order chi connectivity index (χ0) is 14.6. The molecule has 1 aromatic rings. The number of nitrogens with zero attached hydrogens (tertiary/aromatic N) is 2. The number of anilines is 1. The number of nitrogens with two attached hydrogens (primary N) is 1. The van der Waals surface area contributed by atoms with Crippen LogP contribution in [0.5, 0.6) is 0 Å². The number of hydrogen-bond acceptors (Lipinski definition) is 6. The van der Waals surface area contributed by atoms with Crippen molar-refractivity contribution in [3.8, 4) is 0 Å². The molecule has 0 bridgehead atoms. The van der Waals surface area contributed by atoms with Gasteiger partial charge in [-0.05, 0) is 26.5 Å². The largest absolute Gasteiger partial charge is 0.389 e. The Morgan fingerprint density at radius 1 is 1.37 bits per heavy atom. The SMILES string of the molecule is CNS(=O)(=O)CCNc1nnc(C)c(C)c1C(N)=S. The van der Waals surface area contributed by atoms with Gasteiger partial charge in [-0.3, -0.25) is 0 Å². The summed E-state index contributed by atoms with van der Waals surface area (Å²) in [7, 11) is -1.90. The van der Waals surface area contributed by atoms with Gasteiger partial charge < -0.3 is 11.1 Å². The molecule has 0 saturated heterocycles. The van der Waals surface area contributed by atoms with Crippen molar-refractivity contribution in [2.45, 2.75) is 13.8 Å². The lowest BCUT2D eigenvalue weighted by molar-refractivity contribution is 0.588. The third kappa shape index (κ3) is 4.08. The molecule has 1 rings (SSSR count). The summed E-state index contributed by atoms with van der Waals surface area (Å²) in [5.74, 6) is 0.330. The molecule has 106 valence electrons. The Kier molecular flexibility index (Phi) is 5.15. The van der Waals surface area contributed by atoms with Crippen LogP contribution in [0.25, 0.3) is 0 Å². The van der Waals surface area contributed by atoms with Gasteiger partial charge >= 0.3 is 0 Å². The molecule has 0 aliphatic heterocycles. The minimum Gasteiger partial charge on any atom is -0.389 e. The maximum absolute atomic E-state index is 11.3. The highest BCUT2D eigenvalue weighted by atomic mass is 32.2. The fourth-order valence-corrected chi connectivity index (χ4v) is 2.26. The summed E-state index contributed by atoms with van der Waals surface area (Å²) in [5, 5.41) is 10.8. The number of rotatable bonds is 6. The summed E-state index contributed by atoms with van der Waals surface area (Å²) < 4.78 is 24.8. The van der Waals surface area contributed by atoms with Crippen LogP contribution in [0.1, 0.15) is 16.8 Å². The number of nitrogens with one attached hydrogen (secondary N) is 2. The van der Waals surface area contributed by atoms with Crippen molar-refractivity contribution in [2.75, 3.05) is 24.7 Å².